The first-order valence-corrected chi connectivity index (χ1v) is 35.2. The smallest absolute Gasteiger partial charge is 0.726 e. The van der Waals surface area contributed by atoms with Gasteiger partial charge in [-0.25, -0.2) is 37.2 Å². The predicted octanol–water partition coefficient (Wildman–Crippen LogP) is -2.21. The predicted molar refractivity (Wildman–Crippen MR) is 361 cm³/mol. The molecule has 4 aliphatic heterocycles. The van der Waals surface area contributed by atoms with Gasteiger partial charge in [0.2, 0.25) is 22.2 Å². The van der Waals surface area contributed by atoms with Gasteiger partial charge in [0.15, 0.2) is 80.1 Å². The van der Waals surface area contributed by atoms with Crippen LogP contribution in [0.4, 0.5) is 4.79 Å². The molecule has 0 aromatic heterocycles. The molecule has 4 fully saturated rings. The van der Waals surface area contributed by atoms with Crippen molar-refractivity contribution < 1.29 is 199 Å². The largest absolute Gasteiger partial charge is 1.00 e. The first-order valence-electron chi connectivity index (χ1n) is 33.9. The van der Waals surface area contributed by atoms with Crippen molar-refractivity contribution in [1.82, 2.24) is 16.0 Å². The van der Waals surface area contributed by atoms with Crippen LogP contribution in [0.1, 0.15) is 85.1 Å². The van der Waals surface area contributed by atoms with E-state index in [1.54, 1.807) is 30.3 Å². The number of carbonyl (C=O) groups is 13. The molecule has 39 nitrogen and oxygen atoms in total. The second-order valence-electron chi connectivity index (χ2n) is 24.6. The molecule has 0 unspecified atom stereocenters. The molecule has 602 valence electrons. The van der Waals surface area contributed by atoms with Crippen LogP contribution in [-0.4, -0.2) is 254 Å². The van der Waals surface area contributed by atoms with E-state index in [9.17, 15) is 60.9 Å². The summed E-state index contributed by atoms with van der Waals surface area (Å²) in [4.78, 5) is 179. The topological polar surface area (TPSA) is 500 Å². The van der Waals surface area contributed by atoms with Gasteiger partial charge in [-0.15, -0.1) is 0 Å². The number of nitrogens with one attached hydrogen (secondary N) is 3. The summed E-state index contributed by atoms with van der Waals surface area (Å²) in [6.45, 7) is 2.95. The number of methoxy groups -OCH3 is 2. The molecule has 3 amide bonds. The number of amides is 3. The van der Waals surface area contributed by atoms with Crippen LogP contribution in [0.3, 0.4) is 0 Å². The second kappa shape index (κ2) is 42.3. The van der Waals surface area contributed by atoms with Crippen LogP contribution in [0.2, 0.25) is 0 Å². The van der Waals surface area contributed by atoms with Crippen LogP contribution >= 0.6 is 0 Å². The van der Waals surface area contributed by atoms with E-state index in [1.165, 1.54) is 91.0 Å². The fourth-order valence-electron chi connectivity index (χ4n) is 11.9. The molecule has 0 bridgehead atoms. The Labute approximate surface area is 661 Å². The normalized spacial score (nSPS) is 27.3. The van der Waals surface area contributed by atoms with E-state index in [2.05, 4.69) is 16.0 Å². The molecule has 8 rings (SSSR count). The van der Waals surface area contributed by atoms with Crippen LogP contribution in [-0.2, 0) is 154 Å². The van der Waals surface area contributed by atoms with Gasteiger partial charge >= 0.3 is 95.3 Å². The van der Waals surface area contributed by atoms with Gasteiger partial charge in [-0.3, -0.25) is 37.7 Å². The Morgan fingerprint density at radius 1 is 0.411 bits per heavy atom. The number of hydrogen-bond acceptors (Lipinski definition) is 36. The Bertz CT molecular complexity index is 4040. The minimum Gasteiger partial charge on any atom is -0.726 e. The van der Waals surface area contributed by atoms with Crippen molar-refractivity contribution in [3.8, 4) is 0 Å². The number of esters is 10. The van der Waals surface area contributed by atoms with Gasteiger partial charge in [-0.1, -0.05) is 84.9 Å². The zero-order valence-electron chi connectivity index (χ0n) is 61.7. The van der Waals surface area contributed by atoms with Gasteiger partial charge in [0, 0.05) is 55.0 Å². The number of carbonyl (C=O) groups excluding carboxylic acids is 13. The molecule has 20 atom stereocenters. The van der Waals surface area contributed by atoms with Crippen LogP contribution in [0, 0.1) is 0 Å². The molecule has 0 saturated carbocycles. The average Bonchev–Trinajstić information content (AvgIpc) is 0.754. The van der Waals surface area contributed by atoms with Crippen molar-refractivity contribution >= 4 is 88.0 Å². The van der Waals surface area contributed by atoms with Crippen LogP contribution in [0.25, 0.3) is 0 Å². The first-order chi connectivity index (χ1) is 52.8. The number of rotatable bonds is 31. The number of ether oxygens (including phenoxy) is 19. The van der Waals surface area contributed by atoms with Crippen LogP contribution in [0.5, 0.6) is 0 Å². The molecule has 4 heterocycles. The second-order valence-corrected chi connectivity index (χ2v) is 25.6. The molecular weight excluding hydrogens is 1530 g/mol. The summed E-state index contributed by atoms with van der Waals surface area (Å²) in [7, 11) is -4.00. The van der Waals surface area contributed by atoms with Crippen LogP contribution in [0.15, 0.2) is 121 Å². The summed E-state index contributed by atoms with van der Waals surface area (Å²) < 4.78 is 156. The van der Waals surface area contributed by atoms with Gasteiger partial charge in [0.25, 0.3) is 0 Å². The van der Waals surface area contributed by atoms with Crippen molar-refractivity contribution in [2.45, 2.75) is 178 Å². The molecule has 41 heteroatoms. The summed E-state index contributed by atoms with van der Waals surface area (Å²) in [6.07, 6.45) is -41.2. The summed E-state index contributed by atoms with van der Waals surface area (Å²) >= 11 is 0. The van der Waals surface area contributed by atoms with Gasteiger partial charge in [-0.05, 0) is 42.0 Å². The Kier molecular flexibility index (Phi) is 33.8. The quantitative estimate of drug-likeness (QED) is 0.0120. The van der Waals surface area contributed by atoms with E-state index in [0.29, 0.717) is 5.56 Å². The zero-order chi connectivity index (χ0) is 80.8. The Hall–Kier alpha value is -9.66. The van der Waals surface area contributed by atoms with Gasteiger partial charge < -0.3 is 111 Å². The van der Waals surface area contributed by atoms with E-state index >= 15 is 14.4 Å². The number of alkyl carbamates (subject to hydrolysis) is 1. The summed E-state index contributed by atoms with van der Waals surface area (Å²) in [5.41, 5.74) is -0.106. The van der Waals surface area contributed by atoms with E-state index < -0.39 is 237 Å². The van der Waals surface area contributed by atoms with Crippen molar-refractivity contribution in [2.24, 2.45) is 0 Å². The third-order valence-corrected chi connectivity index (χ3v) is 16.8. The minimum absolute atomic E-state index is 0. The molecular formula is C71H80N3NaO36S. The van der Waals surface area contributed by atoms with Crippen molar-refractivity contribution in [2.75, 3.05) is 40.6 Å². The fraction of sp³-hybridized carbons (Fsp3) is 0.479. The maximum atomic E-state index is 15.1. The summed E-state index contributed by atoms with van der Waals surface area (Å²) in [6, 6.07) is 25.1. The molecule has 0 radical (unpaired) electrons. The van der Waals surface area contributed by atoms with E-state index in [0.717, 1.165) is 62.7 Å². The first kappa shape index (κ1) is 89.5. The van der Waals surface area contributed by atoms with E-state index in [1.807, 2.05) is 0 Å². The monoisotopic (exact) mass is 1610 g/mol. The molecule has 4 aromatic rings. The SMILES string of the molecule is COC(=O)[C@H]1O[C@@H](O[C@@H]2[C@@H](NC(C)=O)[C@H](O[C@H]3[C@H](OC(=O)c4ccccc4)[C@@H](OC(=O)c4ccccc4)[C@H](O[C@@H]4[C@@H](NC(C)=O)[C@H](OCCNC(=O)OCc5ccccc5)O[C@H](COS(=O)(=O)[O-])[C@@H]4OC(=O)c4ccccc4)O[C@@H]3C(=O)OC)O[C@H](COC(C)=O)[C@@H]2OC(C)=O)[C@H](OC(C)=O)[C@@H](OC(C)=O)[C@@H]1OC(C)=O.[Na+]. The minimum atomic E-state index is -5.71. The zero-order valence-corrected chi connectivity index (χ0v) is 64.6. The van der Waals surface area contributed by atoms with Crippen molar-refractivity contribution in [1.29, 1.82) is 0 Å². The number of hydrogen-bond donors (Lipinski definition) is 3. The Morgan fingerprint density at radius 2 is 0.786 bits per heavy atom. The maximum Gasteiger partial charge on any atom is 1.00 e. The molecule has 0 spiro atoms. The van der Waals surface area contributed by atoms with Gasteiger partial charge in [0.05, 0.1) is 44.1 Å². The van der Waals surface area contributed by atoms with Gasteiger partial charge in [-0.2, -0.15) is 0 Å². The van der Waals surface area contributed by atoms with Crippen LogP contribution < -0.4 is 45.5 Å². The third-order valence-electron chi connectivity index (χ3n) is 16.4. The van der Waals surface area contributed by atoms with Gasteiger partial charge in [0.1, 0.15) is 55.8 Å². The van der Waals surface area contributed by atoms with E-state index in [4.69, 9.17) is 94.2 Å². The Balaban J connectivity index is 0.0000174. The standard InChI is InChI=1S/C71H81N3O36S.Na/c1-35(75)73-48-52(51(103-62(82)43-24-16-11-17-25-43)47(34-96-111(88,89)90)101-67(48)93-31-30-72-71(87)95-32-42-22-14-10-15-23-42)106-70-61(105-64(84)45-28-20-13-21-29-45)57(104-63(83)44-26-18-12-19-27-44)55(59(110-70)66(86)92-9)108-68-49(74-36(2)76)53(50(97-38(4)78)46(102-68)33-94-37(3)77)107-69-60(100-41(7)81)56(99-40(6)80)54(98-39(5)79)58(109-69)65(85)91-8;/h10-29,46-61,67-70H,30-34H2,1-9H3,(H,72,87)(H,73,75)(H,74,76)(H,88,89,90);/q;+1/p-1/t46-,47-,48-,49-,50+,51+,52-,53-,54+,55+,56+,57+,58+,59+,60-,61-,67-,68+,69-,70-;/m1./s1. The molecule has 0 aliphatic carbocycles. The number of benzene rings is 4. The van der Waals surface area contributed by atoms with Crippen molar-refractivity contribution in [3.05, 3.63) is 144 Å². The van der Waals surface area contributed by atoms with Crippen molar-refractivity contribution in [3.63, 3.8) is 0 Å². The third kappa shape index (κ3) is 25.4. The average molecular weight is 1610 g/mol. The molecule has 4 saturated heterocycles. The molecule has 4 aromatic carbocycles. The fourth-order valence-corrected chi connectivity index (χ4v) is 12.2. The maximum absolute atomic E-state index is 15.1. The summed E-state index contributed by atoms with van der Waals surface area (Å²) in [5.74, 6) is -14.3. The molecule has 3 N–H and O–H groups in total. The molecule has 112 heavy (non-hydrogen) atoms. The summed E-state index contributed by atoms with van der Waals surface area (Å²) in [5, 5.41) is 7.54. The molecule has 4 aliphatic rings. The Morgan fingerprint density at radius 3 is 1.24 bits per heavy atom. The van der Waals surface area contributed by atoms with E-state index in [-0.39, 0.29) is 52.9 Å².